The molecule has 1 heterocycles. The molecule has 3 aromatic carbocycles. The highest BCUT2D eigenvalue weighted by Gasteiger charge is 2.15. The molecule has 0 N–H and O–H groups in total. The lowest BCUT2D eigenvalue weighted by Gasteiger charge is -2.19. The summed E-state index contributed by atoms with van der Waals surface area (Å²) >= 11 is 2.97. The van der Waals surface area contributed by atoms with Gasteiger partial charge in [0, 0.05) is 9.79 Å². The zero-order chi connectivity index (χ0) is 21.7. The lowest BCUT2D eigenvalue weighted by atomic mass is 9.87. The Bertz CT molecular complexity index is 1070. The Labute approximate surface area is 191 Å². The quantitative estimate of drug-likeness (QED) is 0.311. The summed E-state index contributed by atoms with van der Waals surface area (Å²) in [6, 6.07) is 28.5. The van der Waals surface area contributed by atoms with Gasteiger partial charge in [0.2, 0.25) is 0 Å². The molecule has 6 heteroatoms. The fraction of sp³-hybridized carbons (Fsp3) is 0.160. The molecule has 4 rings (SSSR count). The van der Waals surface area contributed by atoms with Crippen LogP contribution in [0.5, 0.6) is 11.8 Å². The van der Waals surface area contributed by atoms with Crippen LogP contribution in [-0.2, 0) is 5.41 Å². The highest BCUT2D eigenvalue weighted by atomic mass is 32.2. The van der Waals surface area contributed by atoms with Crippen LogP contribution in [-0.4, -0.2) is 15.0 Å². The average molecular weight is 446 g/mol. The molecule has 0 aliphatic rings. The van der Waals surface area contributed by atoms with Crippen molar-refractivity contribution in [2.75, 3.05) is 0 Å². The van der Waals surface area contributed by atoms with Gasteiger partial charge in [-0.2, -0.15) is 15.0 Å². The van der Waals surface area contributed by atoms with Gasteiger partial charge in [-0.1, -0.05) is 69.3 Å². The topological polar surface area (TPSA) is 47.9 Å². The van der Waals surface area contributed by atoms with E-state index in [0.29, 0.717) is 16.1 Å². The molecular formula is C25H23N3OS2. The summed E-state index contributed by atoms with van der Waals surface area (Å²) in [5, 5.41) is 1.20. The lowest BCUT2D eigenvalue weighted by molar-refractivity contribution is 0.423. The fourth-order valence-corrected chi connectivity index (χ4v) is 4.35. The molecule has 0 bridgehead atoms. The van der Waals surface area contributed by atoms with Gasteiger partial charge in [-0.15, -0.1) is 0 Å². The van der Waals surface area contributed by atoms with Crippen LogP contribution in [0.15, 0.2) is 105 Å². The van der Waals surface area contributed by atoms with Crippen LogP contribution in [0.2, 0.25) is 0 Å². The molecule has 0 amide bonds. The largest absolute Gasteiger partial charge is 0.424 e. The van der Waals surface area contributed by atoms with Gasteiger partial charge in [-0.25, -0.2) is 0 Å². The maximum atomic E-state index is 6.01. The molecule has 0 aliphatic heterocycles. The number of hydrogen-bond donors (Lipinski definition) is 0. The number of rotatable bonds is 6. The lowest BCUT2D eigenvalue weighted by Crippen LogP contribution is -2.10. The smallest absolute Gasteiger partial charge is 0.327 e. The van der Waals surface area contributed by atoms with E-state index in [2.05, 4.69) is 47.9 Å². The summed E-state index contributed by atoms with van der Waals surface area (Å²) < 4.78 is 6.01. The van der Waals surface area contributed by atoms with Crippen LogP contribution in [0, 0.1) is 0 Å². The number of hydrogen-bond acceptors (Lipinski definition) is 6. The van der Waals surface area contributed by atoms with Crippen molar-refractivity contribution in [2.24, 2.45) is 0 Å². The number of ether oxygens (including phenoxy) is 1. The van der Waals surface area contributed by atoms with E-state index >= 15 is 0 Å². The van der Waals surface area contributed by atoms with E-state index in [4.69, 9.17) is 4.74 Å². The molecule has 0 saturated carbocycles. The molecule has 0 atom stereocenters. The molecular weight excluding hydrogens is 422 g/mol. The molecule has 4 aromatic rings. The second-order valence-corrected chi connectivity index (χ2v) is 9.97. The van der Waals surface area contributed by atoms with Crippen LogP contribution in [0.1, 0.15) is 26.3 Å². The Hall–Kier alpha value is -2.83. The first-order valence-corrected chi connectivity index (χ1v) is 11.6. The van der Waals surface area contributed by atoms with Gasteiger partial charge in [0.1, 0.15) is 5.75 Å². The van der Waals surface area contributed by atoms with Gasteiger partial charge in [-0.3, -0.25) is 0 Å². The summed E-state index contributed by atoms with van der Waals surface area (Å²) in [6.07, 6.45) is 0. The third-order valence-corrected chi connectivity index (χ3v) is 6.15. The van der Waals surface area contributed by atoms with Crippen LogP contribution in [0.3, 0.4) is 0 Å². The maximum Gasteiger partial charge on any atom is 0.327 e. The van der Waals surface area contributed by atoms with Crippen LogP contribution in [0.25, 0.3) is 0 Å². The summed E-state index contributed by atoms with van der Waals surface area (Å²) in [7, 11) is 0. The van der Waals surface area contributed by atoms with Crippen molar-refractivity contribution in [1.82, 2.24) is 15.0 Å². The Morgan fingerprint density at radius 2 is 1.10 bits per heavy atom. The van der Waals surface area contributed by atoms with Gasteiger partial charge >= 0.3 is 6.01 Å². The van der Waals surface area contributed by atoms with E-state index in [1.165, 1.54) is 29.1 Å². The zero-order valence-corrected chi connectivity index (χ0v) is 19.3. The maximum absolute atomic E-state index is 6.01. The minimum atomic E-state index is 0.0880. The van der Waals surface area contributed by atoms with Crippen molar-refractivity contribution in [1.29, 1.82) is 0 Å². The Kier molecular flexibility index (Phi) is 6.59. The van der Waals surface area contributed by atoms with Gasteiger partial charge in [0.15, 0.2) is 10.3 Å². The average Bonchev–Trinajstić information content (AvgIpc) is 2.75. The molecule has 156 valence electrons. The summed E-state index contributed by atoms with van der Waals surface area (Å²) in [6.45, 7) is 6.57. The molecule has 0 spiro atoms. The van der Waals surface area contributed by atoms with Gasteiger partial charge in [-0.05, 0) is 70.9 Å². The van der Waals surface area contributed by atoms with E-state index in [0.717, 1.165) is 9.79 Å². The highest BCUT2D eigenvalue weighted by Crippen LogP contribution is 2.32. The van der Waals surface area contributed by atoms with Crippen molar-refractivity contribution < 1.29 is 4.74 Å². The minimum absolute atomic E-state index is 0.0880. The third-order valence-electron chi connectivity index (χ3n) is 4.41. The van der Waals surface area contributed by atoms with E-state index in [1.807, 2.05) is 72.8 Å². The fourth-order valence-electron chi connectivity index (χ4n) is 2.77. The number of aromatic nitrogens is 3. The van der Waals surface area contributed by atoms with Crippen molar-refractivity contribution in [2.45, 2.75) is 46.3 Å². The van der Waals surface area contributed by atoms with Gasteiger partial charge < -0.3 is 4.74 Å². The number of benzene rings is 3. The molecule has 4 nitrogen and oxygen atoms in total. The first-order chi connectivity index (χ1) is 15.0. The van der Waals surface area contributed by atoms with Crippen LogP contribution < -0.4 is 4.74 Å². The van der Waals surface area contributed by atoms with Crippen molar-refractivity contribution >= 4 is 23.5 Å². The third kappa shape index (κ3) is 6.09. The SMILES string of the molecule is CC(C)(C)c1ccc(Oc2nc(Sc3ccccc3)nc(Sc3ccccc3)n2)cc1. The Morgan fingerprint density at radius 3 is 1.55 bits per heavy atom. The first kappa shape index (κ1) is 21.4. The molecule has 0 unspecified atom stereocenters. The summed E-state index contributed by atoms with van der Waals surface area (Å²) in [4.78, 5) is 15.8. The standard InChI is InChI=1S/C25H23N3OS2/c1-25(2,3)18-14-16-19(17-15-18)29-22-26-23(30-20-10-6-4-7-11-20)28-24(27-22)31-21-12-8-5-9-13-21/h4-17H,1-3H3. The second-order valence-electron chi connectivity index (χ2n) is 7.89. The molecule has 1 aromatic heterocycles. The summed E-state index contributed by atoms with van der Waals surface area (Å²) in [5.41, 5.74) is 1.33. The molecule has 0 radical (unpaired) electrons. The highest BCUT2D eigenvalue weighted by molar-refractivity contribution is 7.99. The van der Waals surface area contributed by atoms with Gasteiger partial charge in [0.05, 0.1) is 0 Å². The molecule has 0 fully saturated rings. The molecule has 0 aliphatic carbocycles. The van der Waals surface area contributed by atoms with Crippen molar-refractivity contribution in [3.63, 3.8) is 0 Å². The van der Waals surface area contributed by atoms with E-state index in [9.17, 15) is 0 Å². The van der Waals surface area contributed by atoms with Gasteiger partial charge in [0.25, 0.3) is 0 Å². The second kappa shape index (κ2) is 9.54. The van der Waals surface area contributed by atoms with E-state index in [-0.39, 0.29) is 11.4 Å². The zero-order valence-electron chi connectivity index (χ0n) is 17.6. The van der Waals surface area contributed by atoms with Crippen molar-refractivity contribution in [3.8, 4) is 11.8 Å². The Balaban J connectivity index is 1.62. The van der Waals surface area contributed by atoms with E-state index in [1.54, 1.807) is 0 Å². The minimum Gasteiger partial charge on any atom is -0.424 e. The molecule has 0 saturated heterocycles. The summed E-state index contributed by atoms with van der Waals surface area (Å²) in [5.74, 6) is 0.700. The predicted octanol–water partition coefficient (Wildman–Crippen LogP) is 7.26. The predicted molar refractivity (Wildman–Crippen MR) is 126 cm³/mol. The first-order valence-electron chi connectivity index (χ1n) is 9.96. The van der Waals surface area contributed by atoms with Crippen molar-refractivity contribution in [3.05, 3.63) is 90.5 Å². The van der Waals surface area contributed by atoms with E-state index < -0.39 is 0 Å². The number of nitrogens with zero attached hydrogens (tertiary/aromatic N) is 3. The van der Waals surface area contributed by atoms with Crippen LogP contribution in [0.4, 0.5) is 0 Å². The van der Waals surface area contributed by atoms with Crippen LogP contribution >= 0.6 is 23.5 Å². The normalized spacial score (nSPS) is 11.3. The Morgan fingerprint density at radius 1 is 0.613 bits per heavy atom. The molecule has 31 heavy (non-hydrogen) atoms. The monoisotopic (exact) mass is 445 g/mol.